The number of ether oxygens (including phenoxy) is 1. The Hall–Kier alpha value is -2.38. The van der Waals surface area contributed by atoms with Crippen LogP contribution in [0.2, 0.25) is 0 Å². The van der Waals surface area contributed by atoms with Crippen molar-refractivity contribution in [2.45, 2.75) is 37.8 Å². The zero-order chi connectivity index (χ0) is 19.0. The molecule has 0 aliphatic carbocycles. The topological polar surface area (TPSA) is 84.5 Å². The van der Waals surface area contributed by atoms with Crippen LogP contribution < -0.4 is 14.8 Å². The van der Waals surface area contributed by atoms with Gasteiger partial charge in [0.15, 0.2) is 6.61 Å². The third kappa shape index (κ3) is 6.16. The van der Waals surface area contributed by atoms with E-state index in [1.165, 1.54) is 24.3 Å². The van der Waals surface area contributed by atoms with Crippen molar-refractivity contribution >= 4 is 15.9 Å². The van der Waals surface area contributed by atoms with E-state index in [0.29, 0.717) is 18.7 Å². The van der Waals surface area contributed by atoms with Crippen LogP contribution in [0, 0.1) is 0 Å². The molecule has 0 aromatic heterocycles. The average molecular weight is 376 g/mol. The summed E-state index contributed by atoms with van der Waals surface area (Å²) in [7, 11) is -3.54. The molecule has 2 aromatic rings. The molecule has 0 saturated carbocycles. The Labute approximate surface area is 154 Å². The Kier molecular flexibility index (Phi) is 7.17. The molecule has 26 heavy (non-hydrogen) atoms. The second kappa shape index (κ2) is 9.35. The molecule has 7 heteroatoms. The van der Waals surface area contributed by atoms with Crippen LogP contribution in [0.4, 0.5) is 0 Å². The lowest BCUT2D eigenvalue weighted by molar-refractivity contribution is -0.123. The highest BCUT2D eigenvalue weighted by Gasteiger charge is 2.16. The van der Waals surface area contributed by atoms with Crippen LogP contribution in [0.15, 0.2) is 59.5 Å². The molecule has 2 rings (SSSR count). The number of carbonyl (C=O) groups excluding carboxylic acids is 1. The zero-order valence-electron chi connectivity index (χ0n) is 14.9. The van der Waals surface area contributed by atoms with Gasteiger partial charge in [-0.05, 0) is 43.2 Å². The number of hydrogen-bond acceptors (Lipinski definition) is 4. The summed E-state index contributed by atoms with van der Waals surface area (Å²) < 4.78 is 32.4. The SMILES string of the molecule is CC[C@@H](C)NS(=O)(=O)c1ccc(OCC(=O)NCc2ccccc2)cc1. The van der Waals surface area contributed by atoms with Gasteiger partial charge in [-0.1, -0.05) is 37.3 Å². The molecule has 0 aliphatic rings. The minimum atomic E-state index is -3.54. The van der Waals surface area contributed by atoms with Gasteiger partial charge in [-0.2, -0.15) is 0 Å². The highest BCUT2D eigenvalue weighted by atomic mass is 32.2. The van der Waals surface area contributed by atoms with E-state index in [1.807, 2.05) is 44.2 Å². The Morgan fingerprint density at radius 2 is 1.73 bits per heavy atom. The van der Waals surface area contributed by atoms with E-state index in [1.54, 1.807) is 0 Å². The van der Waals surface area contributed by atoms with E-state index in [4.69, 9.17) is 4.74 Å². The third-order valence-corrected chi connectivity index (χ3v) is 5.41. The average Bonchev–Trinajstić information content (AvgIpc) is 2.65. The van der Waals surface area contributed by atoms with E-state index < -0.39 is 10.0 Å². The first kappa shape index (κ1) is 19.9. The number of nitrogens with one attached hydrogen (secondary N) is 2. The maximum Gasteiger partial charge on any atom is 0.258 e. The molecule has 0 saturated heterocycles. The summed E-state index contributed by atoms with van der Waals surface area (Å²) in [5.74, 6) is 0.186. The second-order valence-corrected chi connectivity index (χ2v) is 7.67. The van der Waals surface area contributed by atoms with Crippen molar-refractivity contribution in [3.05, 3.63) is 60.2 Å². The van der Waals surface area contributed by atoms with E-state index >= 15 is 0 Å². The normalized spacial score (nSPS) is 12.4. The van der Waals surface area contributed by atoms with Crippen molar-refractivity contribution in [2.75, 3.05) is 6.61 Å². The fraction of sp³-hybridized carbons (Fsp3) is 0.316. The Morgan fingerprint density at radius 1 is 1.08 bits per heavy atom. The summed E-state index contributed by atoms with van der Waals surface area (Å²) in [5, 5.41) is 2.76. The van der Waals surface area contributed by atoms with E-state index in [2.05, 4.69) is 10.0 Å². The van der Waals surface area contributed by atoms with Crippen LogP contribution in [0.5, 0.6) is 5.75 Å². The lowest BCUT2D eigenvalue weighted by atomic mass is 10.2. The van der Waals surface area contributed by atoms with Crippen LogP contribution in [0.3, 0.4) is 0 Å². The molecule has 0 radical (unpaired) electrons. The Morgan fingerprint density at radius 3 is 2.35 bits per heavy atom. The number of benzene rings is 2. The molecule has 6 nitrogen and oxygen atoms in total. The van der Waals surface area contributed by atoms with Crippen LogP contribution in [0.25, 0.3) is 0 Å². The molecular weight excluding hydrogens is 352 g/mol. The van der Waals surface area contributed by atoms with Crippen LogP contribution in [-0.4, -0.2) is 27.0 Å². The van der Waals surface area contributed by atoms with Gasteiger partial charge in [0.2, 0.25) is 10.0 Å². The van der Waals surface area contributed by atoms with Gasteiger partial charge >= 0.3 is 0 Å². The minimum Gasteiger partial charge on any atom is -0.484 e. The lowest BCUT2D eigenvalue weighted by Crippen LogP contribution is -2.32. The molecule has 0 unspecified atom stereocenters. The summed E-state index contributed by atoms with van der Waals surface area (Å²) in [6.45, 7) is 4.02. The molecule has 0 bridgehead atoms. The van der Waals surface area contributed by atoms with Gasteiger partial charge in [0.05, 0.1) is 4.90 Å². The zero-order valence-corrected chi connectivity index (χ0v) is 15.8. The first-order valence-corrected chi connectivity index (χ1v) is 9.95. The minimum absolute atomic E-state index is 0.135. The number of sulfonamides is 1. The molecule has 0 fully saturated rings. The van der Waals surface area contributed by atoms with Crippen molar-refractivity contribution in [1.82, 2.24) is 10.0 Å². The van der Waals surface area contributed by atoms with E-state index in [0.717, 1.165) is 5.56 Å². The summed E-state index contributed by atoms with van der Waals surface area (Å²) in [6.07, 6.45) is 0.707. The number of rotatable bonds is 9. The standard InChI is InChI=1S/C19H24N2O4S/c1-3-15(2)21-26(23,24)18-11-9-17(10-12-18)25-14-19(22)20-13-16-7-5-4-6-8-16/h4-12,15,21H,3,13-14H2,1-2H3,(H,20,22)/t15-/m1/s1. The largest absolute Gasteiger partial charge is 0.484 e. The summed E-state index contributed by atoms with van der Waals surface area (Å²) in [4.78, 5) is 12.0. The van der Waals surface area contributed by atoms with Gasteiger partial charge in [-0.25, -0.2) is 13.1 Å². The molecule has 0 aliphatic heterocycles. The van der Waals surface area contributed by atoms with Gasteiger partial charge < -0.3 is 10.1 Å². The predicted octanol–water partition coefficient (Wildman–Crippen LogP) is 2.46. The van der Waals surface area contributed by atoms with Crippen molar-refractivity contribution in [2.24, 2.45) is 0 Å². The molecule has 1 atom stereocenters. The fourth-order valence-corrected chi connectivity index (χ4v) is 3.45. The monoisotopic (exact) mass is 376 g/mol. The van der Waals surface area contributed by atoms with Gasteiger partial charge in [-0.15, -0.1) is 0 Å². The molecule has 140 valence electrons. The molecule has 0 spiro atoms. The van der Waals surface area contributed by atoms with Crippen molar-refractivity contribution in [1.29, 1.82) is 0 Å². The quantitative estimate of drug-likeness (QED) is 0.704. The van der Waals surface area contributed by atoms with Crippen LogP contribution in [0.1, 0.15) is 25.8 Å². The van der Waals surface area contributed by atoms with Gasteiger partial charge in [0.1, 0.15) is 5.75 Å². The Balaban J connectivity index is 1.84. The highest BCUT2D eigenvalue weighted by molar-refractivity contribution is 7.89. The number of amides is 1. The number of carbonyl (C=O) groups is 1. The first-order chi connectivity index (χ1) is 12.4. The summed E-state index contributed by atoms with van der Waals surface area (Å²) in [5.41, 5.74) is 1.00. The van der Waals surface area contributed by atoms with Crippen LogP contribution >= 0.6 is 0 Å². The Bertz CT molecular complexity index is 805. The second-order valence-electron chi connectivity index (χ2n) is 5.95. The van der Waals surface area contributed by atoms with Gasteiger partial charge in [0, 0.05) is 12.6 Å². The lowest BCUT2D eigenvalue weighted by Gasteiger charge is -2.12. The van der Waals surface area contributed by atoms with Crippen LogP contribution in [-0.2, 0) is 21.4 Å². The molecule has 1 amide bonds. The van der Waals surface area contributed by atoms with Crippen molar-refractivity contribution in [3.63, 3.8) is 0 Å². The maximum absolute atomic E-state index is 12.2. The highest BCUT2D eigenvalue weighted by Crippen LogP contribution is 2.16. The predicted molar refractivity (Wildman–Crippen MR) is 100 cm³/mol. The smallest absolute Gasteiger partial charge is 0.258 e. The number of hydrogen-bond donors (Lipinski definition) is 2. The van der Waals surface area contributed by atoms with Crippen molar-refractivity contribution in [3.8, 4) is 5.75 Å². The van der Waals surface area contributed by atoms with Crippen molar-refractivity contribution < 1.29 is 17.9 Å². The van der Waals surface area contributed by atoms with Gasteiger partial charge in [0.25, 0.3) is 5.91 Å². The third-order valence-electron chi connectivity index (χ3n) is 3.81. The first-order valence-electron chi connectivity index (χ1n) is 8.46. The fourth-order valence-electron chi connectivity index (χ4n) is 2.13. The maximum atomic E-state index is 12.2. The summed E-state index contributed by atoms with van der Waals surface area (Å²) >= 11 is 0. The molecule has 2 N–H and O–H groups in total. The molecular formula is C19H24N2O4S. The molecule has 2 aromatic carbocycles. The van der Waals surface area contributed by atoms with Gasteiger partial charge in [-0.3, -0.25) is 4.79 Å². The summed E-state index contributed by atoms with van der Waals surface area (Å²) in [6, 6.07) is 15.4. The van der Waals surface area contributed by atoms with E-state index in [-0.39, 0.29) is 23.5 Å². The molecule has 0 heterocycles. The van der Waals surface area contributed by atoms with E-state index in [9.17, 15) is 13.2 Å².